The molecule has 0 radical (unpaired) electrons. The Hall–Kier alpha value is -1.76. The first-order chi connectivity index (χ1) is 27.4. The van der Waals surface area contributed by atoms with Crippen molar-refractivity contribution >= 4 is 11.9 Å². The Morgan fingerprint density at radius 1 is 0.746 bits per heavy atom. The minimum absolute atomic E-state index is 0.148. The van der Waals surface area contributed by atoms with E-state index in [1.165, 1.54) is 6.92 Å². The lowest BCUT2D eigenvalue weighted by Crippen LogP contribution is -2.68. The fourth-order valence-corrected chi connectivity index (χ4v) is 13.8. The second-order valence-electron chi connectivity index (χ2n) is 21.4. The summed E-state index contributed by atoms with van der Waals surface area (Å²) in [4.78, 5) is 26.1. The lowest BCUT2D eigenvalue weighted by atomic mass is 9.33. The van der Waals surface area contributed by atoms with E-state index < -0.39 is 102 Å². The molecule has 6 fully saturated rings. The molecule has 0 aromatic heterocycles. The molecular formula is C44H70O15. The first-order valence-corrected chi connectivity index (χ1v) is 21.8. The third-order valence-corrected chi connectivity index (χ3v) is 17.5. The van der Waals surface area contributed by atoms with Crippen LogP contribution >= 0.6 is 0 Å². The molecule has 0 aromatic carbocycles. The molecular weight excluding hydrogens is 768 g/mol. The number of rotatable bonds is 7. The van der Waals surface area contributed by atoms with Gasteiger partial charge in [0.15, 0.2) is 6.29 Å². The molecule has 15 nitrogen and oxygen atoms in total. The zero-order chi connectivity index (χ0) is 43.4. The minimum atomic E-state index is -1.75. The van der Waals surface area contributed by atoms with Crippen LogP contribution in [0.2, 0.25) is 0 Å². The summed E-state index contributed by atoms with van der Waals surface area (Å²) in [6.45, 7) is 16.0. The predicted molar refractivity (Wildman–Crippen MR) is 208 cm³/mol. The summed E-state index contributed by atoms with van der Waals surface area (Å²) in [5, 5.41) is 86.2. The number of allylic oxidation sites excluding steroid dienone is 2. The Bertz CT molecular complexity index is 1630. The second kappa shape index (κ2) is 15.5. The molecule has 3 unspecified atom stereocenters. The zero-order valence-electron chi connectivity index (χ0n) is 36.0. The van der Waals surface area contributed by atoms with E-state index in [-0.39, 0.29) is 46.7 Å². The maximum Gasteiger partial charge on any atom is 0.317 e. The van der Waals surface area contributed by atoms with Crippen LogP contribution in [0.25, 0.3) is 0 Å². The topological polar surface area (TPSA) is 242 Å². The van der Waals surface area contributed by atoms with E-state index >= 15 is 0 Å². The maximum absolute atomic E-state index is 14.6. The zero-order valence-corrected chi connectivity index (χ0v) is 36.0. The molecule has 0 amide bonds. The summed E-state index contributed by atoms with van der Waals surface area (Å²) in [6.07, 6.45) is -8.02. The van der Waals surface area contributed by atoms with Gasteiger partial charge in [-0.15, -0.1) is 0 Å². The SMILES string of the molecule is CC(=O)OC[C@H]1O[C@@H](OC2CC[C@@]3(C)C(CC[C@]4(C)C3CC=C3[C@@H]5CC(C)(C)CC[C@]5(C(=O)O[C@@H]5O[C@H](CO)[C@@H](O)[C@H](O)[C@H]5O)[C@H](O)C[C@]34C)C2(C)C)[C@H](O)[C@@H](O)[C@@H]1O. The summed E-state index contributed by atoms with van der Waals surface area (Å²) in [6, 6.07) is 0. The minimum Gasteiger partial charge on any atom is -0.463 e. The summed E-state index contributed by atoms with van der Waals surface area (Å²) in [5.41, 5.74) is -1.65. The Balaban J connectivity index is 1.16. The van der Waals surface area contributed by atoms with Crippen molar-refractivity contribution in [2.75, 3.05) is 13.2 Å². The van der Waals surface area contributed by atoms with Crippen LogP contribution in [0.1, 0.15) is 113 Å². The third kappa shape index (κ3) is 6.95. The number of hydrogen-bond acceptors (Lipinski definition) is 15. The number of carbonyl (C=O) groups is 2. The van der Waals surface area contributed by atoms with Crippen molar-refractivity contribution in [2.45, 2.75) is 187 Å². The molecule has 15 heteroatoms. The maximum atomic E-state index is 14.6. The molecule has 7 aliphatic rings. The summed E-state index contributed by atoms with van der Waals surface area (Å²) >= 11 is 0. The van der Waals surface area contributed by atoms with Gasteiger partial charge in [0, 0.05) is 6.92 Å². The van der Waals surface area contributed by atoms with Crippen molar-refractivity contribution in [2.24, 2.45) is 50.2 Å². The fraction of sp³-hybridized carbons (Fsp3) is 0.909. The molecule has 8 N–H and O–H groups in total. The van der Waals surface area contributed by atoms with E-state index in [1.54, 1.807) is 0 Å². The highest BCUT2D eigenvalue weighted by Gasteiger charge is 2.72. The van der Waals surface area contributed by atoms with Crippen molar-refractivity contribution in [1.82, 2.24) is 0 Å². The van der Waals surface area contributed by atoms with Crippen LogP contribution in [0.3, 0.4) is 0 Å². The lowest BCUT2D eigenvalue weighted by Gasteiger charge is -2.71. The normalized spacial score (nSPS) is 51.5. The van der Waals surface area contributed by atoms with E-state index in [2.05, 4.69) is 54.5 Å². The molecule has 336 valence electrons. The molecule has 0 bridgehead atoms. The highest BCUT2D eigenvalue weighted by molar-refractivity contribution is 5.80. The third-order valence-electron chi connectivity index (χ3n) is 17.5. The smallest absolute Gasteiger partial charge is 0.317 e. The molecule has 2 heterocycles. The van der Waals surface area contributed by atoms with Crippen LogP contribution in [-0.2, 0) is 33.3 Å². The van der Waals surface area contributed by atoms with Crippen LogP contribution in [0.4, 0.5) is 0 Å². The first kappa shape index (κ1) is 45.3. The molecule has 59 heavy (non-hydrogen) atoms. The van der Waals surface area contributed by atoms with Gasteiger partial charge in [0.2, 0.25) is 6.29 Å². The van der Waals surface area contributed by atoms with Crippen molar-refractivity contribution in [1.29, 1.82) is 0 Å². The van der Waals surface area contributed by atoms with Gasteiger partial charge in [-0.3, -0.25) is 9.59 Å². The average Bonchev–Trinajstić information content (AvgIpc) is 3.15. The van der Waals surface area contributed by atoms with Crippen LogP contribution < -0.4 is 0 Å². The van der Waals surface area contributed by atoms with Gasteiger partial charge in [-0.25, -0.2) is 0 Å². The van der Waals surface area contributed by atoms with E-state index in [9.17, 15) is 50.4 Å². The monoisotopic (exact) mass is 838 g/mol. The van der Waals surface area contributed by atoms with E-state index in [1.807, 2.05) is 0 Å². The molecule has 0 spiro atoms. The quantitative estimate of drug-likeness (QED) is 0.104. The highest BCUT2D eigenvalue weighted by atomic mass is 16.7. The molecule has 5 aliphatic carbocycles. The number of aliphatic hydroxyl groups is 8. The van der Waals surface area contributed by atoms with Gasteiger partial charge in [0.25, 0.3) is 0 Å². The molecule has 0 aromatic rings. The van der Waals surface area contributed by atoms with Crippen molar-refractivity contribution in [3.05, 3.63) is 11.6 Å². The van der Waals surface area contributed by atoms with Crippen LogP contribution in [0, 0.1) is 50.2 Å². The second-order valence-corrected chi connectivity index (χ2v) is 21.4. The lowest BCUT2D eigenvalue weighted by molar-refractivity contribution is -0.330. The van der Waals surface area contributed by atoms with Gasteiger partial charge in [-0.2, -0.15) is 0 Å². The van der Waals surface area contributed by atoms with Gasteiger partial charge in [0.1, 0.15) is 60.9 Å². The number of ether oxygens (including phenoxy) is 5. The molecule has 19 atom stereocenters. The Kier molecular flexibility index (Phi) is 11.9. The van der Waals surface area contributed by atoms with Gasteiger partial charge in [-0.05, 0) is 103 Å². The number of fused-ring (bicyclic) bond motifs is 7. The molecule has 2 saturated heterocycles. The largest absolute Gasteiger partial charge is 0.463 e. The highest BCUT2D eigenvalue weighted by Crippen LogP contribution is 2.76. The van der Waals surface area contributed by atoms with Gasteiger partial charge in [-0.1, -0.05) is 60.1 Å². The Labute approximate surface area is 347 Å². The van der Waals surface area contributed by atoms with Crippen molar-refractivity contribution < 1.29 is 74.1 Å². The van der Waals surface area contributed by atoms with Crippen molar-refractivity contribution in [3.8, 4) is 0 Å². The summed E-state index contributed by atoms with van der Waals surface area (Å²) < 4.78 is 29.1. The van der Waals surface area contributed by atoms with Gasteiger partial charge >= 0.3 is 11.9 Å². The average molecular weight is 839 g/mol. The van der Waals surface area contributed by atoms with Crippen LogP contribution in [-0.4, -0.2) is 140 Å². The van der Waals surface area contributed by atoms with Gasteiger partial charge < -0.3 is 64.5 Å². The fourth-order valence-electron chi connectivity index (χ4n) is 13.8. The number of aliphatic hydroxyl groups excluding tert-OH is 8. The Morgan fingerprint density at radius 3 is 2.02 bits per heavy atom. The standard InChI is InChI=1S/C44H70O15/c1-21(46)55-20-25-31(49)33(51)34(52)36(57-25)58-29-12-13-41(6)26(40(29,4)5)11-14-42(7)27(41)10-9-22-23-17-39(2,3)15-16-44(23,28(47)18-43(22,42)8)38(54)59-37-35(53)32(50)30(48)24(19-45)56-37/h9,23-37,45,47-53H,10-20H2,1-8H3/t23-,24+,25+,26?,27?,28+,29?,30+,31+,32-,33-,34+,35+,36-,37-,41-,42+,43+,44+/m0/s1. The van der Waals surface area contributed by atoms with Crippen molar-refractivity contribution in [3.63, 3.8) is 0 Å². The van der Waals surface area contributed by atoms with E-state index in [0.29, 0.717) is 32.1 Å². The van der Waals surface area contributed by atoms with Crippen LogP contribution in [0.5, 0.6) is 0 Å². The molecule has 2 aliphatic heterocycles. The molecule has 7 rings (SSSR count). The van der Waals surface area contributed by atoms with Crippen LogP contribution in [0.15, 0.2) is 11.6 Å². The van der Waals surface area contributed by atoms with E-state index in [4.69, 9.17) is 23.7 Å². The summed E-state index contributed by atoms with van der Waals surface area (Å²) in [5.74, 6) is -1.25. The number of carbonyl (C=O) groups excluding carboxylic acids is 2. The van der Waals surface area contributed by atoms with Gasteiger partial charge in [0.05, 0.1) is 18.8 Å². The number of hydrogen-bond donors (Lipinski definition) is 8. The number of esters is 2. The summed E-state index contributed by atoms with van der Waals surface area (Å²) in [7, 11) is 0. The Morgan fingerprint density at radius 2 is 1.37 bits per heavy atom. The molecule has 4 saturated carbocycles. The predicted octanol–water partition coefficient (Wildman–Crippen LogP) is 1.86. The first-order valence-electron chi connectivity index (χ1n) is 21.8. The van der Waals surface area contributed by atoms with E-state index in [0.717, 1.165) is 31.3 Å².